The lowest BCUT2D eigenvalue weighted by Crippen LogP contribution is -2.47. The Morgan fingerprint density at radius 2 is 2.09 bits per heavy atom. The fourth-order valence-electron chi connectivity index (χ4n) is 3.61. The zero-order valence-corrected chi connectivity index (χ0v) is 12.4. The van der Waals surface area contributed by atoms with Gasteiger partial charge < -0.3 is 4.90 Å². The summed E-state index contributed by atoms with van der Waals surface area (Å²) < 4.78 is 38.3. The predicted molar refractivity (Wildman–Crippen MR) is 77.0 cm³/mol. The smallest absolute Gasteiger partial charge is 0.331 e. The third-order valence-electron chi connectivity index (χ3n) is 4.87. The molecule has 23 heavy (non-hydrogen) atoms. The summed E-state index contributed by atoms with van der Waals surface area (Å²) >= 11 is 0. The van der Waals surface area contributed by atoms with Gasteiger partial charge in [0.05, 0.1) is 11.1 Å². The van der Waals surface area contributed by atoms with Crippen LogP contribution in [0.2, 0.25) is 0 Å². The molecular weight excluding hydrogens is 309 g/mol. The zero-order chi connectivity index (χ0) is 16.4. The summed E-state index contributed by atoms with van der Waals surface area (Å²) in [6, 6.07) is 3.82. The summed E-state index contributed by atoms with van der Waals surface area (Å²) in [6.07, 6.45) is -3.47. The van der Waals surface area contributed by atoms with E-state index in [4.69, 9.17) is 0 Å². The van der Waals surface area contributed by atoms with E-state index in [1.54, 1.807) is 4.90 Å². The highest BCUT2D eigenvalue weighted by Gasteiger charge is 2.44. The normalized spacial score (nSPS) is 24.8. The molecule has 1 aromatic heterocycles. The molecule has 8 heteroatoms. The molecule has 2 saturated heterocycles. The highest BCUT2D eigenvalue weighted by Crippen LogP contribution is 2.33. The van der Waals surface area contributed by atoms with Crippen molar-refractivity contribution in [1.29, 1.82) is 0 Å². The Kier molecular flexibility index (Phi) is 2.96. The second-order valence-corrected chi connectivity index (χ2v) is 6.27. The highest BCUT2D eigenvalue weighted by molar-refractivity contribution is 6.05. The van der Waals surface area contributed by atoms with E-state index < -0.39 is 11.7 Å². The molecule has 1 N–H and O–H groups in total. The Morgan fingerprint density at radius 3 is 2.70 bits per heavy atom. The van der Waals surface area contributed by atoms with Crippen molar-refractivity contribution in [3.8, 4) is 0 Å². The molecule has 2 fully saturated rings. The van der Waals surface area contributed by atoms with Crippen LogP contribution in [0.3, 0.4) is 0 Å². The maximum atomic E-state index is 12.8. The Morgan fingerprint density at radius 1 is 1.30 bits per heavy atom. The minimum absolute atomic E-state index is 0.165. The van der Waals surface area contributed by atoms with E-state index in [1.807, 2.05) is 7.05 Å². The molecule has 1 unspecified atom stereocenters. The number of aromatic amines is 1. The molecule has 1 aromatic carbocycles. The lowest BCUT2D eigenvalue weighted by Gasteiger charge is -2.31. The van der Waals surface area contributed by atoms with E-state index in [9.17, 15) is 18.0 Å². The van der Waals surface area contributed by atoms with Crippen molar-refractivity contribution in [3.05, 3.63) is 29.5 Å². The largest absolute Gasteiger partial charge is 0.416 e. The first kappa shape index (κ1) is 14.5. The Bertz CT molecular complexity index is 783. The molecule has 2 atom stereocenters. The number of piperazine rings is 1. The van der Waals surface area contributed by atoms with Gasteiger partial charge in [0.15, 0.2) is 5.69 Å². The number of carbonyl (C=O) groups excluding carboxylic acids is 1. The van der Waals surface area contributed by atoms with Gasteiger partial charge in [0.25, 0.3) is 5.91 Å². The van der Waals surface area contributed by atoms with E-state index in [1.165, 1.54) is 6.07 Å². The van der Waals surface area contributed by atoms with Gasteiger partial charge in [-0.25, -0.2) is 0 Å². The number of likely N-dealkylation sites (N-methyl/N-ethyl adjacent to an activating group) is 1. The lowest BCUT2D eigenvalue weighted by molar-refractivity contribution is -0.137. The van der Waals surface area contributed by atoms with Gasteiger partial charge in [0.1, 0.15) is 0 Å². The maximum absolute atomic E-state index is 12.8. The van der Waals surface area contributed by atoms with Gasteiger partial charge in [-0.1, -0.05) is 0 Å². The minimum Gasteiger partial charge on any atom is -0.331 e. The number of carbonyl (C=O) groups is 1. The number of aromatic nitrogens is 2. The summed E-state index contributed by atoms with van der Waals surface area (Å²) in [5.41, 5.74) is -0.330. The SMILES string of the molecule is CN1CC2C[C@H]1CN2C(=O)c1n[nH]c2cc(C(F)(F)F)ccc12. The fraction of sp³-hybridized carbons (Fsp3) is 0.467. The third-order valence-corrected chi connectivity index (χ3v) is 4.87. The molecule has 0 spiro atoms. The van der Waals surface area contributed by atoms with Crippen molar-refractivity contribution >= 4 is 16.8 Å². The number of likely N-dealkylation sites (tertiary alicyclic amines) is 2. The van der Waals surface area contributed by atoms with Gasteiger partial charge in [0, 0.05) is 30.6 Å². The molecular formula is C15H15F3N4O. The van der Waals surface area contributed by atoms with E-state index >= 15 is 0 Å². The number of alkyl halides is 3. The average molecular weight is 324 g/mol. The highest BCUT2D eigenvalue weighted by atomic mass is 19.4. The molecule has 1 amide bonds. The molecule has 0 aliphatic carbocycles. The van der Waals surface area contributed by atoms with Gasteiger partial charge >= 0.3 is 6.18 Å². The van der Waals surface area contributed by atoms with Crippen molar-refractivity contribution in [2.75, 3.05) is 20.1 Å². The summed E-state index contributed by atoms with van der Waals surface area (Å²) in [6.45, 7) is 1.48. The van der Waals surface area contributed by atoms with Crippen LogP contribution in [0.1, 0.15) is 22.5 Å². The molecule has 0 saturated carbocycles. The maximum Gasteiger partial charge on any atom is 0.416 e. The summed E-state index contributed by atoms with van der Waals surface area (Å²) in [4.78, 5) is 16.7. The Labute approximate surface area is 130 Å². The fourth-order valence-corrected chi connectivity index (χ4v) is 3.61. The third kappa shape index (κ3) is 2.20. The van der Waals surface area contributed by atoms with E-state index in [0.29, 0.717) is 18.0 Å². The molecule has 3 heterocycles. The first-order chi connectivity index (χ1) is 10.8. The number of nitrogens with zero attached hydrogens (tertiary/aromatic N) is 3. The van der Waals surface area contributed by atoms with Gasteiger partial charge in [-0.15, -0.1) is 0 Å². The van der Waals surface area contributed by atoms with Crippen LogP contribution in [0.15, 0.2) is 18.2 Å². The van der Waals surface area contributed by atoms with E-state index in [2.05, 4.69) is 15.1 Å². The van der Waals surface area contributed by atoms with E-state index in [0.717, 1.165) is 25.1 Å². The van der Waals surface area contributed by atoms with Gasteiger partial charge in [0.2, 0.25) is 0 Å². The van der Waals surface area contributed by atoms with Crippen LogP contribution in [0, 0.1) is 0 Å². The number of rotatable bonds is 1. The van der Waals surface area contributed by atoms with Crippen LogP contribution in [-0.4, -0.2) is 58.1 Å². The van der Waals surface area contributed by atoms with Gasteiger partial charge in [-0.05, 0) is 31.7 Å². The van der Waals surface area contributed by atoms with Crippen LogP contribution in [0.4, 0.5) is 13.2 Å². The second-order valence-electron chi connectivity index (χ2n) is 6.27. The van der Waals surface area contributed by atoms with Gasteiger partial charge in [-0.3, -0.25) is 14.8 Å². The molecule has 2 aromatic rings. The van der Waals surface area contributed by atoms with Crippen LogP contribution in [-0.2, 0) is 6.18 Å². The zero-order valence-electron chi connectivity index (χ0n) is 12.4. The average Bonchev–Trinajstić information content (AvgIpc) is 3.17. The lowest BCUT2D eigenvalue weighted by atomic mass is 10.1. The number of hydrogen-bond acceptors (Lipinski definition) is 3. The molecule has 0 radical (unpaired) electrons. The Hall–Kier alpha value is -2.09. The Balaban J connectivity index is 1.66. The second kappa shape index (κ2) is 4.70. The van der Waals surface area contributed by atoms with Crippen molar-refractivity contribution in [2.24, 2.45) is 0 Å². The number of H-pyrrole nitrogens is 1. The summed E-state index contributed by atoms with van der Waals surface area (Å²) in [5.74, 6) is -0.211. The number of fused-ring (bicyclic) bond motifs is 3. The molecule has 2 aliphatic heterocycles. The molecule has 2 bridgehead atoms. The van der Waals surface area contributed by atoms with Crippen LogP contribution >= 0.6 is 0 Å². The predicted octanol–water partition coefficient (Wildman–Crippen LogP) is 2.11. The molecule has 4 rings (SSSR count). The quantitative estimate of drug-likeness (QED) is 0.874. The number of hydrogen-bond donors (Lipinski definition) is 1. The summed E-state index contributed by atoms with van der Waals surface area (Å²) in [5, 5.41) is 6.95. The molecule has 2 aliphatic rings. The monoisotopic (exact) mass is 324 g/mol. The number of benzene rings is 1. The van der Waals surface area contributed by atoms with Crippen molar-refractivity contribution < 1.29 is 18.0 Å². The first-order valence-corrected chi connectivity index (χ1v) is 7.41. The number of nitrogens with one attached hydrogen (secondary N) is 1. The number of halogens is 3. The number of amides is 1. The van der Waals surface area contributed by atoms with Crippen LogP contribution in [0.5, 0.6) is 0 Å². The van der Waals surface area contributed by atoms with Crippen LogP contribution in [0.25, 0.3) is 10.9 Å². The van der Waals surface area contributed by atoms with Crippen molar-refractivity contribution in [1.82, 2.24) is 20.0 Å². The molecule has 122 valence electrons. The molecule has 5 nitrogen and oxygen atoms in total. The van der Waals surface area contributed by atoms with Crippen LogP contribution < -0.4 is 0 Å². The minimum atomic E-state index is -4.41. The van der Waals surface area contributed by atoms with Gasteiger partial charge in [-0.2, -0.15) is 18.3 Å². The standard InChI is InChI=1S/C15H15F3N4O/c1-21-6-10-5-9(21)7-22(10)14(23)13-11-3-2-8(15(16,17)18)4-12(11)19-20-13/h2-4,9-10H,5-7H2,1H3,(H,19,20)/t9-,10?/m0/s1. The first-order valence-electron chi connectivity index (χ1n) is 7.41. The van der Waals surface area contributed by atoms with Crippen molar-refractivity contribution in [3.63, 3.8) is 0 Å². The van der Waals surface area contributed by atoms with E-state index in [-0.39, 0.29) is 23.2 Å². The van der Waals surface area contributed by atoms with Crippen molar-refractivity contribution in [2.45, 2.75) is 24.7 Å². The topological polar surface area (TPSA) is 52.2 Å². The summed E-state index contributed by atoms with van der Waals surface area (Å²) in [7, 11) is 2.04.